The zero-order chi connectivity index (χ0) is 27.2. The van der Waals surface area contributed by atoms with Gasteiger partial charge in [-0.3, -0.25) is 9.52 Å². The van der Waals surface area contributed by atoms with Gasteiger partial charge in [-0.25, -0.2) is 13.1 Å². The van der Waals surface area contributed by atoms with Crippen LogP contribution in [0.2, 0.25) is 0 Å². The highest BCUT2D eigenvalue weighted by Crippen LogP contribution is 2.36. The van der Waals surface area contributed by atoms with E-state index in [1.807, 2.05) is 29.1 Å². The summed E-state index contributed by atoms with van der Waals surface area (Å²) in [4.78, 5) is 15.1. The summed E-state index contributed by atoms with van der Waals surface area (Å²) in [5.74, 6) is -0.386. The summed E-state index contributed by atoms with van der Waals surface area (Å²) in [6.45, 7) is 6.96. The van der Waals surface area contributed by atoms with Crippen LogP contribution in [-0.4, -0.2) is 42.0 Å². The van der Waals surface area contributed by atoms with Crippen molar-refractivity contribution in [3.05, 3.63) is 89.7 Å². The van der Waals surface area contributed by atoms with Crippen molar-refractivity contribution >= 4 is 27.3 Å². The van der Waals surface area contributed by atoms with Crippen LogP contribution in [-0.2, 0) is 21.9 Å². The highest BCUT2D eigenvalue weighted by atomic mass is 32.2. The molecule has 0 spiro atoms. The minimum atomic E-state index is -3.59. The van der Waals surface area contributed by atoms with Gasteiger partial charge in [-0.1, -0.05) is 45.0 Å². The van der Waals surface area contributed by atoms with Crippen molar-refractivity contribution < 1.29 is 18.3 Å². The van der Waals surface area contributed by atoms with Crippen molar-refractivity contribution in [3.63, 3.8) is 0 Å². The van der Waals surface area contributed by atoms with Crippen LogP contribution in [0.25, 0.3) is 16.8 Å². The van der Waals surface area contributed by atoms with E-state index < -0.39 is 10.0 Å². The molecule has 1 aliphatic rings. The maximum atomic E-state index is 13.5. The molecule has 0 saturated heterocycles. The van der Waals surface area contributed by atoms with Gasteiger partial charge in [0.1, 0.15) is 5.75 Å². The number of nitrogens with one attached hydrogen (secondary N) is 1. The normalized spacial score (nSPS) is 13.9. The molecule has 0 saturated carbocycles. The molecule has 0 atom stereocenters. The van der Waals surface area contributed by atoms with E-state index in [4.69, 9.17) is 0 Å². The molecule has 0 bridgehead atoms. The molecule has 0 aliphatic carbocycles. The number of aromatic hydroxyl groups is 1. The topological polar surface area (TPSA) is 105 Å². The molecule has 0 radical (unpaired) electrons. The van der Waals surface area contributed by atoms with Crippen molar-refractivity contribution in [2.75, 3.05) is 22.4 Å². The Morgan fingerprint density at radius 1 is 1.00 bits per heavy atom. The van der Waals surface area contributed by atoms with Gasteiger partial charge in [0.15, 0.2) is 0 Å². The maximum Gasteiger partial charge on any atom is 0.258 e. The summed E-state index contributed by atoms with van der Waals surface area (Å²) >= 11 is 0. The van der Waals surface area contributed by atoms with Crippen molar-refractivity contribution in [2.24, 2.45) is 0 Å². The number of carbonyl (C=O) groups is 1. The van der Waals surface area contributed by atoms with Gasteiger partial charge in [-0.15, -0.1) is 0 Å². The van der Waals surface area contributed by atoms with Gasteiger partial charge in [0.25, 0.3) is 5.91 Å². The first-order valence-electron chi connectivity index (χ1n) is 12.3. The first-order valence-corrected chi connectivity index (χ1v) is 14.2. The van der Waals surface area contributed by atoms with E-state index >= 15 is 0 Å². The van der Waals surface area contributed by atoms with E-state index in [9.17, 15) is 18.3 Å². The van der Waals surface area contributed by atoms with Crippen LogP contribution in [0, 0.1) is 0 Å². The zero-order valence-corrected chi connectivity index (χ0v) is 22.6. The lowest BCUT2D eigenvalue weighted by Gasteiger charge is -2.29. The summed E-state index contributed by atoms with van der Waals surface area (Å²) in [5, 5.41) is 14.5. The Morgan fingerprint density at radius 3 is 2.45 bits per heavy atom. The smallest absolute Gasteiger partial charge is 0.258 e. The van der Waals surface area contributed by atoms with E-state index in [0.29, 0.717) is 24.2 Å². The predicted molar refractivity (Wildman–Crippen MR) is 150 cm³/mol. The quantitative estimate of drug-likeness (QED) is 0.349. The molecule has 4 aromatic rings. The third kappa shape index (κ3) is 5.02. The van der Waals surface area contributed by atoms with Gasteiger partial charge >= 0.3 is 0 Å². The Kier molecular flexibility index (Phi) is 6.27. The number of amides is 1. The van der Waals surface area contributed by atoms with Gasteiger partial charge < -0.3 is 10.0 Å². The monoisotopic (exact) mass is 530 g/mol. The average Bonchev–Trinajstić information content (AvgIpc) is 3.39. The number of fused-ring (bicyclic) bond motifs is 1. The number of aromatic nitrogens is 2. The lowest BCUT2D eigenvalue weighted by molar-refractivity contribution is 0.0980. The summed E-state index contributed by atoms with van der Waals surface area (Å²) in [7, 11) is -3.59. The number of anilines is 2. The molecule has 2 N–H and O–H groups in total. The molecule has 1 aliphatic heterocycles. The fourth-order valence-corrected chi connectivity index (χ4v) is 5.28. The Balaban J connectivity index is 1.50. The lowest BCUT2D eigenvalue weighted by atomic mass is 9.85. The molecule has 0 fully saturated rings. The second-order valence-corrected chi connectivity index (χ2v) is 12.3. The third-order valence-electron chi connectivity index (χ3n) is 6.70. The molecular formula is C29H30N4O4S. The first kappa shape index (κ1) is 25.5. The summed E-state index contributed by atoms with van der Waals surface area (Å²) in [6, 6.07) is 18.6. The molecule has 8 nitrogen and oxygen atoms in total. The van der Waals surface area contributed by atoms with Crippen LogP contribution in [0.3, 0.4) is 0 Å². The second kappa shape index (κ2) is 9.33. The standard InChI is InChI=1S/C29H30N4O4S/c1-29(2,3)21-7-10-23(26(17-21)33-14-5-13-30-33)19-6-9-24-20(16-19)12-15-32(28(24)35)22-8-11-27(34)25(18-22)31-38(4,36)37/h5-11,13-14,16-18,31,34H,12,15H2,1-4H3. The Labute approximate surface area is 222 Å². The van der Waals surface area contributed by atoms with E-state index in [1.165, 1.54) is 17.7 Å². The van der Waals surface area contributed by atoms with Gasteiger partial charge in [0.05, 0.1) is 17.6 Å². The molecule has 38 heavy (non-hydrogen) atoms. The van der Waals surface area contributed by atoms with Gasteiger partial charge in [-0.05, 0) is 64.9 Å². The van der Waals surface area contributed by atoms with Crippen LogP contribution in [0.4, 0.5) is 11.4 Å². The first-order chi connectivity index (χ1) is 17.9. The number of phenols is 1. The van der Waals surface area contributed by atoms with Gasteiger partial charge in [0, 0.05) is 35.8 Å². The summed E-state index contributed by atoms with van der Waals surface area (Å²) in [5.41, 5.74) is 6.26. The maximum absolute atomic E-state index is 13.5. The second-order valence-electron chi connectivity index (χ2n) is 10.6. The van der Waals surface area contributed by atoms with Crippen molar-refractivity contribution in [1.29, 1.82) is 0 Å². The molecule has 3 aromatic carbocycles. The van der Waals surface area contributed by atoms with Gasteiger partial charge in [0.2, 0.25) is 10.0 Å². The Bertz CT molecular complexity index is 1640. The van der Waals surface area contributed by atoms with Crippen LogP contribution in [0.15, 0.2) is 73.1 Å². The lowest BCUT2D eigenvalue weighted by Crippen LogP contribution is -2.37. The number of sulfonamides is 1. The SMILES string of the molecule is CC(C)(C)c1ccc(-c2ccc3c(c2)CCN(c2ccc(O)c(NS(C)(=O)=O)c2)C3=O)c(-n2cccn2)c1. The minimum Gasteiger partial charge on any atom is -0.506 e. The number of rotatable bonds is 5. The number of hydrogen-bond acceptors (Lipinski definition) is 5. The number of carbonyl (C=O) groups excluding carboxylic acids is 1. The Morgan fingerprint density at radius 2 is 1.76 bits per heavy atom. The van der Waals surface area contributed by atoms with E-state index in [-0.39, 0.29) is 22.8 Å². The largest absolute Gasteiger partial charge is 0.506 e. The highest BCUT2D eigenvalue weighted by Gasteiger charge is 2.27. The molecule has 1 aromatic heterocycles. The molecular weight excluding hydrogens is 500 g/mol. The molecule has 1 amide bonds. The number of benzene rings is 3. The van der Waals surface area contributed by atoms with Crippen LogP contribution < -0.4 is 9.62 Å². The average molecular weight is 531 g/mol. The van der Waals surface area contributed by atoms with E-state index in [1.54, 1.807) is 17.2 Å². The Hall–Kier alpha value is -4.11. The summed E-state index contributed by atoms with van der Waals surface area (Å²) < 4.78 is 27.5. The molecule has 5 rings (SSSR count). The van der Waals surface area contributed by atoms with Crippen LogP contribution in [0.1, 0.15) is 42.3 Å². The van der Waals surface area contributed by atoms with E-state index in [0.717, 1.165) is 28.6 Å². The summed E-state index contributed by atoms with van der Waals surface area (Å²) in [6.07, 6.45) is 5.32. The molecule has 0 unspecified atom stereocenters. The van der Waals surface area contributed by atoms with E-state index in [2.05, 4.69) is 54.9 Å². The van der Waals surface area contributed by atoms with Crippen LogP contribution in [0.5, 0.6) is 5.75 Å². The fourth-order valence-electron chi connectivity index (χ4n) is 4.72. The molecule has 2 heterocycles. The predicted octanol–water partition coefficient (Wildman–Crippen LogP) is 5.12. The fraction of sp³-hybridized carbons (Fsp3) is 0.241. The molecule has 9 heteroatoms. The van der Waals surface area contributed by atoms with Crippen molar-refractivity contribution in [2.45, 2.75) is 32.6 Å². The van der Waals surface area contributed by atoms with Crippen molar-refractivity contribution in [3.8, 4) is 22.6 Å². The van der Waals surface area contributed by atoms with Crippen molar-refractivity contribution in [1.82, 2.24) is 9.78 Å². The van der Waals surface area contributed by atoms with Crippen LogP contribution >= 0.6 is 0 Å². The highest BCUT2D eigenvalue weighted by molar-refractivity contribution is 7.92. The minimum absolute atomic E-state index is 0.0168. The third-order valence-corrected chi connectivity index (χ3v) is 7.29. The number of nitrogens with zero attached hydrogens (tertiary/aromatic N) is 3. The number of hydrogen-bond donors (Lipinski definition) is 2. The zero-order valence-electron chi connectivity index (χ0n) is 21.8. The molecule has 196 valence electrons. The van der Waals surface area contributed by atoms with Gasteiger partial charge in [-0.2, -0.15) is 5.10 Å². The number of phenolic OH excluding ortho intramolecular Hbond substituents is 1.